The molecule has 16 rings (SSSR count). The number of rotatable bonds is 12. The van der Waals surface area contributed by atoms with Crippen molar-refractivity contribution in [3.05, 3.63) is 267 Å². The van der Waals surface area contributed by atoms with Gasteiger partial charge in [-0.1, -0.05) is 48.5 Å². The van der Waals surface area contributed by atoms with Crippen molar-refractivity contribution in [2.45, 2.75) is 25.7 Å². The summed E-state index contributed by atoms with van der Waals surface area (Å²) in [5, 5.41) is 8.65. The molecule has 0 bridgehead atoms. The molecule has 0 radical (unpaired) electrons. The number of nitrogens with zero attached hydrogens (tertiary/aromatic N) is 12. The number of fused-ring (bicyclic) bond motifs is 12. The Labute approximate surface area is 464 Å². The number of hydrogen-bond acceptors (Lipinski definition) is 8. The Morgan fingerprint density at radius 1 is 0.210 bits per heavy atom. The van der Waals surface area contributed by atoms with Gasteiger partial charge in [-0.2, -0.15) is 0 Å². The van der Waals surface area contributed by atoms with Crippen LogP contribution in [0.4, 0.5) is 0 Å². The summed E-state index contributed by atoms with van der Waals surface area (Å²) in [6.07, 6.45) is 33.7. The van der Waals surface area contributed by atoms with Gasteiger partial charge in [-0.3, -0.25) is 39.9 Å². The molecule has 16 aromatic rings. The molecule has 0 aliphatic rings. The fourth-order valence-corrected chi connectivity index (χ4v) is 13.1. The van der Waals surface area contributed by atoms with Crippen LogP contribution in [0.1, 0.15) is 22.3 Å². The Morgan fingerprint density at radius 2 is 0.370 bits per heavy atom. The highest BCUT2D eigenvalue weighted by atomic mass is 15.0. The Morgan fingerprint density at radius 3 is 0.531 bits per heavy atom. The topological polar surface area (TPSA) is 123 Å². The average molecular weight is 1050 g/mol. The minimum Gasteiger partial charge on any atom is -0.309 e. The van der Waals surface area contributed by atoms with Gasteiger partial charge < -0.3 is 18.3 Å². The lowest BCUT2D eigenvalue weighted by Gasteiger charge is -2.36. The molecule has 0 saturated carbocycles. The molecule has 0 spiro atoms. The van der Waals surface area contributed by atoms with Crippen molar-refractivity contribution in [1.29, 1.82) is 0 Å². The van der Waals surface area contributed by atoms with Crippen LogP contribution in [0.15, 0.2) is 245 Å². The predicted octanol–water partition coefficient (Wildman–Crippen LogP) is 14.5. The van der Waals surface area contributed by atoms with Gasteiger partial charge in [0.15, 0.2) is 0 Å². The maximum Gasteiger partial charge on any atom is 0.0572 e. The van der Waals surface area contributed by atoms with Crippen molar-refractivity contribution >= 4 is 87.2 Å². The van der Waals surface area contributed by atoms with E-state index in [1.54, 1.807) is 0 Å². The molecule has 384 valence electrons. The highest BCUT2D eigenvalue weighted by Crippen LogP contribution is 2.40. The molecule has 12 heterocycles. The molecule has 0 aliphatic heterocycles. The van der Waals surface area contributed by atoms with Gasteiger partial charge in [-0.15, -0.1) is 0 Å². The van der Waals surface area contributed by atoms with Crippen molar-refractivity contribution in [2.75, 3.05) is 0 Å². The second-order valence-electron chi connectivity index (χ2n) is 21.4. The third-order valence-electron chi connectivity index (χ3n) is 16.6. The second kappa shape index (κ2) is 18.7. The standard InChI is InChI=1S/C69H48N12/c1-9-49(78-61-17-25-70-37-53(61)54-38-71-26-18-62(54)78)10-2-45(1)33-69(34-46-3-11-50(12-4-46)79-63-19-27-72-39-55(63)56-40-73-28-20-64(56)79,35-47-5-13-51(14-6-47)80-65-21-29-74-41-57(65)58-42-75-30-22-66(58)80)36-48-7-15-52(16-8-48)81-67-23-31-76-43-59(67)60-44-77-32-24-68(60)81/h1-32,37-44H,33-36H2. The van der Waals surface area contributed by atoms with E-state index in [-0.39, 0.29) is 5.41 Å². The van der Waals surface area contributed by atoms with Crippen LogP contribution in [0.5, 0.6) is 0 Å². The highest BCUT2D eigenvalue weighted by molar-refractivity contribution is 6.11. The van der Waals surface area contributed by atoms with Crippen LogP contribution in [0, 0.1) is 5.41 Å². The lowest BCUT2D eigenvalue weighted by atomic mass is 9.68. The summed E-state index contributed by atoms with van der Waals surface area (Å²) < 4.78 is 9.31. The number of aromatic nitrogens is 12. The Hall–Kier alpha value is -10.7. The molecule has 4 aromatic carbocycles. The smallest absolute Gasteiger partial charge is 0.0572 e. The Balaban J connectivity index is 0.834. The van der Waals surface area contributed by atoms with Gasteiger partial charge >= 0.3 is 0 Å². The van der Waals surface area contributed by atoms with Crippen molar-refractivity contribution in [2.24, 2.45) is 5.41 Å². The summed E-state index contributed by atoms with van der Waals surface area (Å²) in [5.41, 5.74) is 17.9. The van der Waals surface area contributed by atoms with E-state index in [9.17, 15) is 0 Å². The molecule has 0 atom stereocenters. The van der Waals surface area contributed by atoms with Gasteiger partial charge in [0.1, 0.15) is 0 Å². The average Bonchev–Trinajstić information content (AvgIpc) is 4.32. The first-order valence-corrected chi connectivity index (χ1v) is 27.2. The highest BCUT2D eigenvalue weighted by Gasteiger charge is 2.33. The fourth-order valence-electron chi connectivity index (χ4n) is 13.1. The summed E-state index contributed by atoms with van der Waals surface area (Å²) >= 11 is 0. The van der Waals surface area contributed by atoms with Crippen LogP contribution in [0.25, 0.3) is 110 Å². The van der Waals surface area contributed by atoms with Gasteiger partial charge in [0.25, 0.3) is 0 Å². The first-order chi connectivity index (χ1) is 40.1. The lowest BCUT2D eigenvalue weighted by molar-refractivity contribution is 0.275. The van der Waals surface area contributed by atoms with E-state index in [0.29, 0.717) is 0 Å². The first-order valence-electron chi connectivity index (χ1n) is 27.2. The largest absolute Gasteiger partial charge is 0.309 e. The van der Waals surface area contributed by atoms with Crippen molar-refractivity contribution in [3.63, 3.8) is 0 Å². The Kier molecular flexibility index (Phi) is 10.7. The SMILES string of the molecule is c1cc2c(cn1)c1cnccc1n2-c1ccc(CC(Cc2ccc(-n3c4ccncc4c4cnccc43)cc2)(Cc2ccc(-n3c4ccncc4c4cnccc43)cc2)Cc2ccc(-n3c4ccncc4c4cnccc43)cc2)cc1. The summed E-state index contributed by atoms with van der Waals surface area (Å²) in [5.74, 6) is 0. The number of pyridine rings is 8. The summed E-state index contributed by atoms with van der Waals surface area (Å²) in [7, 11) is 0. The maximum atomic E-state index is 4.49. The van der Waals surface area contributed by atoms with Crippen molar-refractivity contribution in [1.82, 2.24) is 58.1 Å². The normalized spacial score (nSPS) is 12.1. The van der Waals surface area contributed by atoms with Gasteiger partial charge in [-0.25, -0.2) is 0 Å². The molecule has 12 nitrogen and oxygen atoms in total. The zero-order valence-electron chi connectivity index (χ0n) is 43.8. The number of hydrogen-bond donors (Lipinski definition) is 0. The van der Waals surface area contributed by atoms with E-state index in [4.69, 9.17) is 0 Å². The van der Waals surface area contributed by atoms with E-state index in [2.05, 4.69) is 204 Å². The lowest BCUT2D eigenvalue weighted by Crippen LogP contribution is -2.32. The van der Waals surface area contributed by atoms with E-state index in [1.807, 2.05) is 99.1 Å². The van der Waals surface area contributed by atoms with Crippen LogP contribution in [0.3, 0.4) is 0 Å². The maximum absolute atomic E-state index is 4.49. The second-order valence-corrected chi connectivity index (χ2v) is 21.4. The zero-order valence-corrected chi connectivity index (χ0v) is 43.8. The van der Waals surface area contributed by atoms with Crippen molar-refractivity contribution in [3.8, 4) is 22.7 Å². The van der Waals surface area contributed by atoms with Crippen LogP contribution in [-0.2, 0) is 25.7 Å². The van der Waals surface area contributed by atoms with Gasteiger partial charge in [0.05, 0.1) is 44.1 Å². The van der Waals surface area contributed by atoms with Gasteiger partial charge in [-0.05, 0) is 150 Å². The van der Waals surface area contributed by atoms with E-state index >= 15 is 0 Å². The molecule has 12 heteroatoms. The van der Waals surface area contributed by atoms with Crippen LogP contribution in [0.2, 0.25) is 0 Å². The molecule has 0 N–H and O–H groups in total. The van der Waals surface area contributed by atoms with E-state index in [1.165, 1.54) is 22.3 Å². The minimum absolute atomic E-state index is 0.311. The monoisotopic (exact) mass is 1040 g/mol. The molecule has 0 aliphatic carbocycles. The van der Waals surface area contributed by atoms with Crippen molar-refractivity contribution < 1.29 is 0 Å². The molecule has 12 aromatic heterocycles. The third kappa shape index (κ3) is 7.74. The minimum atomic E-state index is -0.311. The van der Waals surface area contributed by atoms with Gasteiger partial charge in [0.2, 0.25) is 0 Å². The molecule has 0 unspecified atom stereocenters. The molecule has 81 heavy (non-hydrogen) atoms. The molecular formula is C69H48N12. The fraction of sp³-hybridized carbons (Fsp3) is 0.0725. The summed E-state index contributed by atoms with van der Waals surface area (Å²) in [6, 6.07) is 53.7. The quantitative estimate of drug-likeness (QED) is 0.119. The number of benzene rings is 4. The summed E-state index contributed by atoms with van der Waals surface area (Å²) in [6.45, 7) is 0. The Bertz CT molecular complexity index is 4200. The van der Waals surface area contributed by atoms with Gasteiger partial charge in [0, 0.05) is 165 Å². The predicted molar refractivity (Wildman–Crippen MR) is 323 cm³/mol. The zero-order chi connectivity index (χ0) is 53.4. The first kappa shape index (κ1) is 46.4. The third-order valence-corrected chi connectivity index (χ3v) is 16.6. The van der Waals surface area contributed by atoms with Crippen LogP contribution in [-0.4, -0.2) is 58.1 Å². The van der Waals surface area contributed by atoms with E-state index < -0.39 is 0 Å². The van der Waals surface area contributed by atoms with Crippen LogP contribution < -0.4 is 0 Å². The molecule has 0 saturated heterocycles. The molecule has 0 amide bonds. The molecular weight excluding hydrogens is 997 g/mol. The summed E-state index contributed by atoms with van der Waals surface area (Å²) in [4.78, 5) is 36.0. The molecule has 0 fully saturated rings. The van der Waals surface area contributed by atoms with Crippen LogP contribution >= 0.6 is 0 Å². The van der Waals surface area contributed by atoms with E-state index in [0.717, 1.165) is 136 Å².